The molecule has 1 N–H and O–H groups in total. The molecule has 0 atom stereocenters. The van der Waals surface area contributed by atoms with Crippen LogP contribution in [-0.4, -0.2) is 46.9 Å². The first-order chi connectivity index (χ1) is 13.9. The molecule has 0 aliphatic heterocycles. The number of rotatable bonds is 8. The summed E-state index contributed by atoms with van der Waals surface area (Å²) in [5.74, 6) is -0.122. The summed E-state index contributed by atoms with van der Waals surface area (Å²) >= 11 is 6.05. The van der Waals surface area contributed by atoms with Crippen LogP contribution in [0.2, 0.25) is 5.02 Å². The molecule has 0 saturated carbocycles. The van der Waals surface area contributed by atoms with Crippen molar-refractivity contribution in [3.05, 3.63) is 40.4 Å². The second kappa shape index (κ2) is 9.88. The van der Waals surface area contributed by atoms with E-state index in [-0.39, 0.29) is 17.1 Å². The van der Waals surface area contributed by atoms with Crippen molar-refractivity contribution in [1.82, 2.24) is 0 Å². The van der Waals surface area contributed by atoms with Gasteiger partial charge in [-0.1, -0.05) is 11.6 Å². The first-order valence-corrected chi connectivity index (χ1v) is 8.84. The summed E-state index contributed by atoms with van der Waals surface area (Å²) in [5.41, 5.74) is 1.27. The number of amides is 1. The number of benzene rings is 2. The Kier molecular flexibility index (Phi) is 7.55. The van der Waals surface area contributed by atoms with E-state index in [4.69, 9.17) is 35.3 Å². The highest BCUT2D eigenvalue weighted by molar-refractivity contribution is 6.31. The van der Waals surface area contributed by atoms with E-state index in [0.717, 1.165) is 5.56 Å². The van der Waals surface area contributed by atoms with E-state index in [1.807, 2.05) is 0 Å². The molecule has 8 nitrogen and oxygen atoms in total. The zero-order valence-electron chi connectivity index (χ0n) is 16.8. The lowest BCUT2D eigenvalue weighted by Crippen LogP contribution is -2.21. The van der Waals surface area contributed by atoms with Crippen LogP contribution in [0.15, 0.2) is 24.3 Å². The van der Waals surface area contributed by atoms with Crippen LogP contribution in [0.25, 0.3) is 0 Å². The van der Waals surface area contributed by atoms with Crippen LogP contribution in [0.1, 0.15) is 15.9 Å². The number of anilines is 1. The van der Waals surface area contributed by atoms with Gasteiger partial charge >= 0.3 is 5.97 Å². The van der Waals surface area contributed by atoms with E-state index in [1.54, 1.807) is 25.1 Å². The molecule has 29 heavy (non-hydrogen) atoms. The van der Waals surface area contributed by atoms with Gasteiger partial charge in [0.05, 0.1) is 34.1 Å². The number of methoxy groups -OCH3 is 4. The molecule has 1 amide bonds. The van der Waals surface area contributed by atoms with Gasteiger partial charge in [-0.05, 0) is 30.7 Å². The normalized spacial score (nSPS) is 10.1. The number of hydrogen-bond acceptors (Lipinski definition) is 7. The maximum absolute atomic E-state index is 12.5. The molecule has 0 heterocycles. The number of carbonyl (C=O) groups excluding carboxylic acids is 2. The summed E-state index contributed by atoms with van der Waals surface area (Å²) < 4.78 is 26.0. The Morgan fingerprint density at radius 1 is 0.931 bits per heavy atom. The van der Waals surface area contributed by atoms with E-state index >= 15 is 0 Å². The van der Waals surface area contributed by atoms with Crippen LogP contribution in [0.4, 0.5) is 5.69 Å². The third-order valence-electron chi connectivity index (χ3n) is 4.01. The van der Waals surface area contributed by atoms with Gasteiger partial charge in [0.15, 0.2) is 18.1 Å². The average molecular weight is 424 g/mol. The van der Waals surface area contributed by atoms with Crippen LogP contribution >= 0.6 is 11.6 Å². The van der Waals surface area contributed by atoms with Gasteiger partial charge in [0.2, 0.25) is 5.75 Å². The molecule has 0 aliphatic rings. The van der Waals surface area contributed by atoms with Crippen molar-refractivity contribution in [2.45, 2.75) is 6.92 Å². The van der Waals surface area contributed by atoms with Crippen LogP contribution in [0.3, 0.4) is 0 Å². The zero-order chi connectivity index (χ0) is 21.6. The summed E-state index contributed by atoms with van der Waals surface area (Å²) in [6, 6.07) is 6.26. The predicted molar refractivity (Wildman–Crippen MR) is 108 cm³/mol. The van der Waals surface area contributed by atoms with Crippen molar-refractivity contribution in [1.29, 1.82) is 0 Å². The van der Waals surface area contributed by atoms with Crippen LogP contribution in [-0.2, 0) is 9.53 Å². The Morgan fingerprint density at radius 3 is 2.17 bits per heavy atom. The van der Waals surface area contributed by atoms with Gasteiger partial charge in [-0.25, -0.2) is 4.79 Å². The topological polar surface area (TPSA) is 92.3 Å². The molecule has 0 spiro atoms. The molecule has 2 rings (SSSR count). The number of aryl methyl sites for hydroxylation is 1. The monoisotopic (exact) mass is 423 g/mol. The third-order valence-corrected chi connectivity index (χ3v) is 4.42. The average Bonchev–Trinajstić information content (AvgIpc) is 2.72. The van der Waals surface area contributed by atoms with Gasteiger partial charge < -0.3 is 29.0 Å². The fourth-order valence-electron chi connectivity index (χ4n) is 2.59. The van der Waals surface area contributed by atoms with Crippen molar-refractivity contribution in [3.63, 3.8) is 0 Å². The highest BCUT2D eigenvalue weighted by Gasteiger charge is 2.22. The molecule has 0 unspecified atom stereocenters. The molecule has 0 aliphatic carbocycles. The molecule has 2 aromatic carbocycles. The van der Waals surface area contributed by atoms with Gasteiger partial charge in [0.1, 0.15) is 11.3 Å². The fourth-order valence-corrected chi connectivity index (χ4v) is 2.74. The molecule has 0 aromatic heterocycles. The van der Waals surface area contributed by atoms with Crippen LogP contribution < -0.4 is 24.3 Å². The van der Waals surface area contributed by atoms with Gasteiger partial charge in [-0.2, -0.15) is 0 Å². The summed E-state index contributed by atoms with van der Waals surface area (Å²) in [4.78, 5) is 24.7. The standard InChI is InChI=1S/C20H22ClNO7/c1-11-8-14(16(26-3)9-13(11)21)22-17(23)10-29-20(24)12-6-7-15(25-2)19(28-5)18(12)27-4/h6-9H,10H2,1-5H3,(H,22,23). The predicted octanol–water partition coefficient (Wildman–Crippen LogP) is 3.48. The number of halogens is 1. The van der Waals surface area contributed by atoms with E-state index in [1.165, 1.54) is 34.5 Å². The first-order valence-electron chi connectivity index (χ1n) is 8.46. The molecular formula is C20H22ClNO7. The van der Waals surface area contributed by atoms with Crippen molar-refractivity contribution in [2.24, 2.45) is 0 Å². The molecule has 0 saturated heterocycles. The Hall–Kier alpha value is -3.13. The smallest absolute Gasteiger partial charge is 0.342 e. The van der Waals surface area contributed by atoms with Crippen molar-refractivity contribution >= 4 is 29.2 Å². The van der Waals surface area contributed by atoms with Gasteiger partial charge in [0, 0.05) is 11.1 Å². The lowest BCUT2D eigenvalue weighted by Gasteiger charge is -2.15. The summed E-state index contributed by atoms with van der Waals surface area (Å²) in [5, 5.41) is 3.14. The number of carbonyl (C=O) groups is 2. The quantitative estimate of drug-likeness (QED) is 0.650. The third kappa shape index (κ3) is 5.03. The molecule has 0 radical (unpaired) electrons. The Bertz CT molecular complexity index is 914. The lowest BCUT2D eigenvalue weighted by molar-refractivity contribution is -0.119. The molecule has 9 heteroatoms. The van der Waals surface area contributed by atoms with Crippen LogP contribution in [0, 0.1) is 6.92 Å². The van der Waals surface area contributed by atoms with E-state index < -0.39 is 18.5 Å². The number of nitrogens with one attached hydrogen (secondary N) is 1. The lowest BCUT2D eigenvalue weighted by atomic mass is 10.1. The molecule has 2 aromatic rings. The van der Waals surface area contributed by atoms with Crippen LogP contribution in [0.5, 0.6) is 23.0 Å². The van der Waals surface area contributed by atoms with E-state index in [0.29, 0.717) is 22.2 Å². The van der Waals surface area contributed by atoms with Gasteiger partial charge in [-0.15, -0.1) is 0 Å². The second-order valence-electron chi connectivity index (χ2n) is 5.81. The Morgan fingerprint density at radius 2 is 1.59 bits per heavy atom. The van der Waals surface area contributed by atoms with E-state index in [2.05, 4.69) is 5.32 Å². The minimum Gasteiger partial charge on any atom is -0.495 e. The molecule has 156 valence electrons. The number of esters is 1. The molecular weight excluding hydrogens is 402 g/mol. The SMILES string of the molecule is COc1cc(Cl)c(C)cc1NC(=O)COC(=O)c1ccc(OC)c(OC)c1OC. The van der Waals surface area contributed by atoms with Crippen molar-refractivity contribution in [3.8, 4) is 23.0 Å². The number of ether oxygens (including phenoxy) is 5. The maximum Gasteiger partial charge on any atom is 0.342 e. The minimum absolute atomic E-state index is 0.0952. The summed E-state index contributed by atoms with van der Waals surface area (Å²) in [6.45, 7) is 1.28. The minimum atomic E-state index is -0.753. The molecule has 0 fully saturated rings. The highest BCUT2D eigenvalue weighted by Crippen LogP contribution is 2.40. The Labute approximate surface area is 173 Å². The van der Waals surface area contributed by atoms with Crippen molar-refractivity contribution < 1.29 is 33.3 Å². The maximum atomic E-state index is 12.5. The molecule has 0 bridgehead atoms. The summed E-state index contributed by atoms with van der Waals surface area (Å²) in [6.07, 6.45) is 0. The van der Waals surface area contributed by atoms with Gasteiger partial charge in [0.25, 0.3) is 5.91 Å². The van der Waals surface area contributed by atoms with Gasteiger partial charge in [-0.3, -0.25) is 4.79 Å². The largest absolute Gasteiger partial charge is 0.495 e. The zero-order valence-corrected chi connectivity index (χ0v) is 17.5. The number of hydrogen-bond donors (Lipinski definition) is 1. The summed E-state index contributed by atoms with van der Waals surface area (Å²) in [7, 11) is 5.73. The van der Waals surface area contributed by atoms with Crippen molar-refractivity contribution in [2.75, 3.05) is 40.4 Å². The Balaban J connectivity index is 2.12. The second-order valence-corrected chi connectivity index (χ2v) is 6.22. The fraction of sp³-hybridized carbons (Fsp3) is 0.300. The highest BCUT2D eigenvalue weighted by atomic mass is 35.5. The van der Waals surface area contributed by atoms with E-state index in [9.17, 15) is 9.59 Å². The first kappa shape index (κ1) is 22.2.